The van der Waals surface area contributed by atoms with Crippen LogP contribution in [0.4, 0.5) is 14.7 Å². The van der Waals surface area contributed by atoms with E-state index in [0.717, 1.165) is 68.5 Å². The highest BCUT2D eigenvalue weighted by molar-refractivity contribution is 6.00. The lowest BCUT2D eigenvalue weighted by atomic mass is 9.99. The van der Waals surface area contributed by atoms with Crippen molar-refractivity contribution in [2.45, 2.75) is 153 Å². The number of alkyl halides is 2. The Balaban J connectivity index is 0.773. The molecule has 14 nitrogen and oxygen atoms in total. The number of nitrogens with one attached hydrogen (secondary N) is 2. The Labute approximate surface area is 347 Å². The van der Waals surface area contributed by atoms with Crippen molar-refractivity contribution < 1.29 is 28.3 Å². The minimum atomic E-state index is -2.96. The minimum Gasteiger partial charge on any atom is -0.388 e. The van der Waals surface area contributed by atoms with Crippen molar-refractivity contribution in [2.75, 3.05) is 18.4 Å². The van der Waals surface area contributed by atoms with Crippen molar-refractivity contribution in [3.05, 3.63) is 62.4 Å². The third-order valence-corrected chi connectivity index (χ3v) is 12.9. The monoisotopic (exact) mass is 832 g/mol. The number of carbonyl (C=O) groups excluding carboxylic acids is 3. The number of halogens is 2. The number of pyridine rings is 1. The van der Waals surface area contributed by atoms with E-state index in [0.29, 0.717) is 68.9 Å². The van der Waals surface area contributed by atoms with Gasteiger partial charge < -0.3 is 15.3 Å². The Morgan fingerprint density at radius 1 is 0.933 bits per heavy atom. The molecule has 1 aliphatic carbocycles. The first-order valence-corrected chi connectivity index (χ1v) is 21.8. The Kier molecular flexibility index (Phi) is 13.5. The van der Waals surface area contributed by atoms with Crippen LogP contribution < -0.4 is 21.9 Å². The topological polar surface area (TPSA) is 173 Å². The molecule has 0 spiro atoms. The summed E-state index contributed by atoms with van der Waals surface area (Å²) in [5.41, 5.74) is -0.0544. The first-order chi connectivity index (χ1) is 28.8. The molecule has 60 heavy (non-hydrogen) atoms. The normalized spacial score (nSPS) is 21.4. The molecule has 1 saturated carbocycles. The molecule has 3 N–H and O–H groups in total. The smallest absolute Gasteiger partial charge is 0.329 e. The number of aryl methyl sites for hydroxylation is 2. The number of rotatable bonds is 17. The molecule has 1 aromatic carbocycles. The predicted octanol–water partition coefficient (Wildman–Crippen LogP) is 6.38. The van der Waals surface area contributed by atoms with E-state index in [1.807, 2.05) is 23.1 Å². The van der Waals surface area contributed by atoms with Crippen molar-refractivity contribution in [2.24, 2.45) is 7.05 Å². The number of nitrogens with zero attached hydrogens (tertiary/aromatic N) is 6. The van der Waals surface area contributed by atoms with E-state index in [1.165, 1.54) is 28.2 Å². The second-order valence-electron chi connectivity index (χ2n) is 17.3. The van der Waals surface area contributed by atoms with Crippen LogP contribution in [0.25, 0.3) is 22.1 Å². The average Bonchev–Trinajstić information content (AvgIpc) is 3.69. The van der Waals surface area contributed by atoms with Gasteiger partial charge in [-0.2, -0.15) is 4.98 Å². The van der Waals surface area contributed by atoms with Crippen LogP contribution in [0.15, 0.2) is 40.1 Å². The number of anilines is 1. The van der Waals surface area contributed by atoms with Crippen LogP contribution in [0, 0.1) is 0 Å². The van der Waals surface area contributed by atoms with Crippen LogP contribution >= 0.6 is 0 Å². The highest BCUT2D eigenvalue weighted by Crippen LogP contribution is 2.40. The van der Waals surface area contributed by atoms with Gasteiger partial charge in [-0.25, -0.2) is 18.6 Å². The van der Waals surface area contributed by atoms with Crippen molar-refractivity contribution in [3.63, 3.8) is 0 Å². The van der Waals surface area contributed by atoms with Gasteiger partial charge in [-0.15, -0.1) is 0 Å². The Morgan fingerprint density at radius 3 is 2.30 bits per heavy atom. The van der Waals surface area contributed by atoms with Crippen LogP contribution in [0.2, 0.25) is 0 Å². The maximum atomic E-state index is 13.8. The SMILES string of the molecule is Cn1c(=O)n(C2CCC(=O)NC2=O)c2ccc(CCCCCCCCCCCC(=O)N3CCC(Nc4ncc5cc(C(F)F)c(=O)n([C@@H]6CCC[C@@]6(C)O)c5n4)CC3)cc21. The molecular weight excluding hydrogens is 775 g/mol. The number of imide groups is 1. The van der Waals surface area contributed by atoms with Crippen LogP contribution in [-0.4, -0.2) is 76.1 Å². The highest BCUT2D eigenvalue weighted by Gasteiger charge is 2.40. The zero-order valence-corrected chi connectivity index (χ0v) is 34.8. The van der Waals surface area contributed by atoms with E-state index in [1.54, 1.807) is 18.5 Å². The van der Waals surface area contributed by atoms with Gasteiger partial charge in [-0.05, 0) is 88.5 Å². The fourth-order valence-corrected chi connectivity index (χ4v) is 9.45. The summed E-state index contributed by atoms with van der Waals surface area (Å²) in [5, 5.41) is 17.0. The van der Waals surface area contributed by atoms with Gasteiger partial charge in [0.25, 0.3) is 12.0 Å². The number of aromatic nitrogens is 5. The van der Waals surface area contributed by atoms with E-state index in [9.17, 15) is 37.9 Å². The fourth-order valence-electron chi connectivity index (χ4n) is 9.45. The number of imidazole rings is 1. The third-order valence-electron chi connectivity index (χ3n) is 12.9. The number of benzene rings is 1. The van der Waals surface area contributed by atoms with Gasteiger partial charge in [0.1, 0.15) is 11.7 Å². The summed E-state index contributed by atoms with van der Waals surface area (Å²) in [6.45, 7) is 2.86. The van der Waals surface area contributed by atoms with Crippen molar-refractivity contribution in [1.29, 1.82) is 0 Å². The van der Waals surface area contributed by atoms with Gasteiger partial charge in [-0.3, -0.25) is 38.2 Å². The molecule has 0 bridgehead atoms. The average molecular weight is 833 g/mol. The Morgan fingerprint density at radius 2 is 1.63 bits per heavy atom. The second-order valence-corrected chi connectivity index (χ2v) is 17.3. The number of aliphatic hydroxyl groups is 1. The van der Waals surface area contributed by atoms with Crippen molar-refractivity contribution in [3.8, 4) is 0 Å². The molecule has 7 rings (SSSR count). The molecule has 4 aromatic rings. The maximum absolute atomic E-state index is 13.8. The summed E-state index contributed by atoms with van der Waals surface area (Å²) in [7, 11) is 1.72. The number of piperidine rings is 2. The summed E-state index contributed by atoms with van der Waals surface area (Å²) in [5.74, 6) is -0.274. The van der Waals surface area contributed by atoms with Gasteiger partial charge >= 0.3 is 5.69 Å². The van der Waals surface area contributed by atoms with Crippen LogP contribution in [0.3, 0.4) is 0 Å². The largest absolute Gasteiger partial charge is 0.388 e. The molecule has 3 aliphatic rings. The molecule has 3 atom stereocenters. The lowest BCUT2D eigenvalue weighted by Gasteiger charge is -2.32. The summed E-state index contributed by atoms with van der Waals surface area (Å²) >= 11 is 0. The molecular formula is C44H58F2N8O6. The van der Waals surface area contributed by atoms with Gasteiger partial charge in [-0.1, -0.05) is 51.0 Å². The maximum Gasteiger partial charge on any atom is 0.329 e. The van der Waals surface area contributed by atoms with Gasteiger partial charge in [0.15, 0.2) is 0 Å². The van der Waals surface area contributed by atoms with Crippen LogP contribution in [0.1, 0.15) is 146 Å². The minimum absolute atomic E-state index is 0.00883. The van der Waals surface area contributed by atoms with Gasteiger partial charge in [0, 0.05) is 50.6 Å². The number of hydrogen-bond acceptors (Lipinski definition) is 9. The molecule has 3 fully saturated rings. The number of amides is 3. The molecule has 0 radical (unpaired) electrons. The quantitative estimate of drug-likeness (QED) is 0.0806. The summed E-state index contributed by atoms with van der Waals surface area (Å²) in [4.78, 5) is 74.2. The molecule has 3 aromatic heterocycles. The first-order valence-electron chi connectivity index (χ1n) is 21.8. The lowest BCUT2D eigenvalue weighted by molar-refractivity contribution is -0.136. The fraction of sp³-hybridized carbons (Fsp3) is 0.614. The molecule has 324 valence electrons. The number of likely N-dealkylation sites (tertiary alicyclic amines) is 1. The summed E-state index contributed by atoms with van der Waals surface area (Å²) < 4.78 is 32.0. The van der Waals surface area contributed by atoms with Gasteiger partial charge in [0.2, 0.25) is 23.7 Å². The Bertz CT molecular complexity index is 2330. The van der Waals surface area contributed by atoms with E-state index in [2.05, 4.69) is 20.6 Å². The lowest BCUT2D eigenvalue weighted by Crippen LogP contribution is -2.44. The van der Waals surface area contributed by atoms with E-state index in [-0.39, 0.29) is 41.6 Å². The summed E-state index contributed by atoms with van der Waals surface area (Å²) in [6, 6.07) is 5.79. The predicted molar refractivity (Wildman–Crippen MR) is 224 cm³/mol. The van der Waals surface area contributed by atoms with Crippen molar-refractivity contribution >= 4 is 45.7 Å². The van der Waals surface area contributed by atoms with Crippen LogP contribution in [0.5, 0.6) is 0 Å². The van der Waals surface area contributed by atoms with Gasteiger partial charge in [0.05, 0.1) is 28.2 Å². The molecule has 2 saturated heterocycles. The van der Waals surface area contributed by atoms with Crippen LogP contribution in [-0.2, 0) is 27.9 Å². The Hall–Kier alpha value is -4.99. The van der Waals surface area contributed by atoms with E-state index < -0.39 is 41.1 Å². The van der Waals surface area contributed by atoms with Crippen molar-refractivity contribution in [1.82, 2.24) is 33.9 Å². The molecule has 3 amide bonds. The van der Waals surface area contributed by atoms with E-state index in [4.69, 9.17) is 0 Å². The molecule has 16 heteroatoms. The zero-order chi connectivity index (χ0) is 42.6. The number of hydrogen-bond donors (Lipinski definition) is 3. The summed E-state index contributed by atoms with van der Waals surface area (Å²) in [6.07, 6.45) is 13.4. The standard InChI is InChI=1S/C44H58F2N8O6/c1-44(60)22-12-14-35(44)54-39-29(26-31(38(45)46)41(54)58)27-47-42(50-39)48-30-20-23-52(24-21-30)37(56)15-11-9-7-5-3-4-6-8-10-13-28-16-17-32-34(25-28)51(2)43(59)53(32)33-18-19-36(55)49-40(33)57/h16-17,25-27,30,33,35,38,60H,3-15,18-24H2,1-2H3,(H,47,48,50)(H,49,55,57)/t33?,35-,44-/m1/s1. The number of carbonyl (C=O) groups is 3. The number of fused-ring (bicyclic) bond motifs is 2. The van der Waals surface area contributed by atoms with E-state index >= 15 is 0 Å². The number of unbranched alkanes of at least 4 members (excludes halogenated alkanes) is 8. The second kappa shape index (κ2) is 18.7. The third kappa shape index (κ3) is 9.48. The molecule has 2 aliphatic heterocycles. The molecule has 1 unspecified atom stereocenters. The first kappa shape index (κ1) is 43.1. The zero-order valence-electron chi connectivity index (χ0n) is 34.8. The molecule has 5 heterocycles. The highest BCUT2D eigenvalue weighted by atomic mass is 19.3.